The summed E-state index contributed by atoms with van der Waals surface area (Å²) in [5.41, 5.74) is 2.29. The molecule has 0 bridgehead atoms. The highest BCUT2D eigenvalue weighted by Gasteiger charge is 2.15. The second-order valence-electron chi connectivity index (χ2n) is 4.09. The van der Waals surface area contributed by atoms with Gasteiger partial charge in [-0.2, -0.15) is 0 Å². The Balaban J connectivity index is 2.22. The van der Waals surface area contributed by atoms with Crippen LogP contribution in [-0.4, -0.2) is 12.0 Å². The lowest BCUT2D eigenvalue weighted by atomic mass is 10.0. The van der Waals surface area contributed by atoms with Gasteiger partial charge in [-0.3, -0.25) is 0 Å². The zero-order chi connectivity index (χ0) is 13.1. The molecule has 0 aliphatic heterocycles. The van der Waals surface area contributed by atoms with Gasteiger partial charge in [-0.25, -0.2) is 4.98 Å². The number of likely N-dealkylation sites (N-methyl/N-ethyl adjacent to an activating group) is 1. The molecule has 0 aliphatic carbocycles. The van der Waals surface area contributed by atoms with Gasteiger partial charge in [-0.1, -0.05) is 33.6 Å². The van der Waals surface area contributed by atoms with E-state index >= 15 is 0 Å². The van der Waals surface area contributed by atoms with Crippen LogP contribution in [0.4, 0.5) is 0 Å². The van der Waals surface area contributed by atoms with Crippen LogP contribution in [0.3, 0.4) is 0 Å². The van der Waals surface area contributed by atoms with Crippen molar-refractivity contribution in [2.24, 2.45) is 0 Å². The van der Waals surface area contributed by atoms with Gasteiger partial charge in [0.15, 0.2) is 0 Å². The summed E-state index contributed by atoms with van der Waals surface area (Å²) < 4.78 is 1.03. The average molecular weight is 346 g/mol. The molecule has 2 nitrogen and oxygen atoms in total. The van der Waals surface area contributed by atoms with Crippen LogP contribution in [0, 0.1) is 6.92 Å². The van der Waals surface area contributed by atoms with Crippen LogP contribution in [0.1, 0.15) is 22.3 Å². The first-order chi connectivity index (χ1) is 8.60. The van der Waals surface area contributed by atoms with E-state index in [0.29, 0.717) is 0 Å². The van der Waals surface area contributed by atoms with Crippen LogP contribution >= 0.6 is 38.9 Å². The summed E-state index contributed by atoms with van der Waals surface area (Å²) in [7, 11) is 1.96. The lowest BCUT2D eigenvalue weighted by molar-refractivity contribution is 0.587. The zero-order valence-electron chi connectivity index (χ0n) is 10.2. The smallest absolute Gasteiger partial charge is 0.0947 e. The molecule has 0 saturated carbocycles. The SMILES string of the molecule is CNC(Cc1nc(C)cs1)c1ccc(Cl)cc1Br. The van der Waals surface area contributed by atoms with Crippen LogP contribution in [0.15, 0.2) is 28.1 Å². The molecule has 1 heterocycles. The largest absolute Gasteiger partial charge is 0.313 e. The second-order valence-corrected chi connectivity index (χ2v) is 6.33. The second kappa shape index (κ2) is 6.15. The maximum Gasteiger partial charge on any atom is 0.0947 e. The maximum atomic E-state index is 5.97. The summed E-state index contributed by atoms with van der Waals surface area (Å²) in [5, 5.41) is 7.30. The number of thiazole rings is 1. The van der Waals surface area contributed by atoms with Crippen molar-refractivity contribution in [1.82, 2.24) is 10.3 Å². The number of hydrogen-bond acceptors (Lipinski definition) is 3. The standard InChI is InChI=1S/C13H14BrClN2S/c1-8-7-18-13(17-8)6-12(16-2)10-4-3-9(15)5-11(10)14/h3-5,7,12,16H,6H2,1-2H3. The molecule has 96 valence electrons. The molecule has 2 rings (SSSR count). The van der Waals surface area contributed by atoms with E-state index in [4.69, 9.17) is 11.6 Å². The molecular weight excluding hydrogens is 332 g/mol. The number of aryl methyl sites for hydroxylation is 1. The minimum absolute atomic E-state index is 0.238. The highest BCUT2D eigenvalue weighted by Crippen LogP contribution is 2.29. The van der Waals surface area contributed by atoms with Crippen molar-refractivity contribution in [2.75, 3.05) is 7.05 Å². The summed E-state index contributed by atoms with van der Waals surface area (Å²) in [6.07, 6.45) is 0.884. The molecule has 0 fully saturated rings. The first kappa shape index (κ1) is 14.0. The van der Waals surface area contributed by atoms with E-state index in [9.17, 15) is 0 Å². The number of halogens is 2. The summed E-state index contributed by atoms with van der Waals surface area (Å²) >= 11 is 11.2. The third-order valence-electron chi connectivity index (χ3n) is 2.73. The van der Waals surface area contributed by atoms with Crippen molar-refractivity contribution in [3.05, 3.63) is 49.3 Å². The Hall–Kier alpha value is -0.420. The van der Waals surface area contributed by atoms with Crippen molar-refractivity contribution in [3.8, 4) is 0 Å². The first-order valence-corrected chi connectivity index (χ1v) is 7.68. The molecule has 1 N–H and O–H groups in total. The van der Waals surface area contributed by atoms with Crippen LogP contribution in [0.2, 0.25) is 5.02 Å². The van der Waals surface area contributed by atoms with Crippen LogP contribution in [0.25, 0.3) is 0 Å². The molecule has 0 saturated heterocycles. The van der Waals surface area contributed by atoms with E-state index in [0.717, 1.165) is 26.6 Å². The summed E-state index contributed by atoms with van der Waals surface area (Å²) in [6, 6.07) is 6.13. The molecule has 0 aliphatic rings. The van der Waals surface area contributed by atoms with Gasteiger partial charge in [0.05, 0.1) is 5.01 Å². The van der Waals surface area contributed by atoms with Crippen molar-refractivity contribution in [1.29, 1.82) is 0 Å². The minimum atomic E-state index is 0.238. The van der Waals surface area contributed by atoms with E-state index in [1.807, 2.05) is 32.2 Å². The molecule has 0 radical (unpaired) electrons. The summed E-state index contributed by atoms with van der Waals surface area (Å²) in [6.45, 7) is 2.02. The van der Waals surface area contributed by atoms with Gasteiger partial charge in [-0.05, 0) is 31.7 Å². The molecular formula is C13H14BrClN2S. The van der Waals surface area contributed by atoms with Gasteiger partial charge < -0.3 is 5.32 Å². The predicted octanol–water partition coefficient (Wildman–Crippen LogP) is 4.37. The van der Waals surface area contributed by atoms with E-state index in [1.165, 1.54) is 5.56 Å². The van der Waals surface area contributed by atoms with Gasteiger partial charge in [-0.15, -0.1) is 11.3 Å². The Morgan fingerprint density at radius 1 is 1.50 bits per heavy atom. The van der Waals surface area contributed by atoms with Gasteiger partial charge in [0.1, 0.15) is 0 Å². The van der Waals surface area contributed by atoms with Gasteiger partial charge in [0, 0.05) is 33.0 Å². The number of nitrogens with zero attached hydrogens (tertiary/aromatic N) is 1. The molecule has 18 heavy (non-hydrogen) atoms. The molecule has 0 amide bonds. The van der Waals surface area contributed by atoms with Crippen molar-refractivity contribution in [3.63, 3.8) is 0 Å². The third kappa shape index (κ3) is 3.32. The van der Waals surface area contributed by atoms with Crippen molar-refractivity contribution in [2.45, 2.75) is 19.4 Å². The zero-order valence-corrected chi connectivity index (χ0v) is 13.4. The molecule has 0 spiro atoms. The highest BCUT2D eigenvalue weighted by molar-refractivity contribution is 9.10. The topological polar surface area (TPSA) is 24.9 Å². The normalized spacial score (nSPS) is 12.7. The van der Waals surface area contributed by atoms with Crippen LogP contribution in [-0.2, 0) is 6.42 Å². The van der Waals surface area contributed by atoms with Crippen LogP contribution in [0.5, 0.6) is 0 Å². The monoisotopic (exact) mass is 344 g/mol. The summed E-state index contributed by atoms with van der Waals surface area (Å²) in [5.74, 6) is 0. The lowest BCUT2D eigenvalue weighted by Crippen LogP contribution is -2.19. The minimum Gasteiger partial charge on any atom is -0.313 e. The molecule has 2 aromatic rings. The van der Waals surface area contributed by atoms with E-state index in [2.05, 4.69) is 31.6 Å². The Morgan fingerprint density at radius 3 is 2.83 bits per heavy atom. The lowest BCUT2D eigenvalue weighted by Gasteiger charge is -2.17. The predicted molar refractivity (Wildman–Crippen MR) is 81.5 cm³/mol. The maximum absolute atomic E-state index is 5.97. The first-order valence-electron chi connectivity index (χ1n) is 5.63. The van der Waals surface area contributed by atoms with Gasteiger partial charge in [0.2, 0.25) is 0 Å². The Morgan fingerprint density at radius 2 is 2.28 bits per heavy atom. The van der Waals surface area contributed by atoms with E-state index < -0.39 is 0 Å². The fraction of sp³-hybridized carbons (Fsp3) is 0.308. The van der Waals surface area contributed by atoms with Gasteiger partial charge >= 0.3 is 0 Å². The Kier molecular flexibility index (Phi) is 4.78. The number of rotatable bonds is 4. The Bertz CT molecular complexity index is 542. The van der Waals surface area contributed by atoms with Crippen LogP contribution < -0.4 is 5.32 Å². The van der Waals surface area contributed by atoms with E-state index in [-0.39, 0.29) is 6.04 Å². The fourth-order valence-electron chi connectivity index (χ4n) is 1.82. The fourth-order valence-corrected chi connectivity index (χ4v) is 3.60. The third-order valence-corrected chi connectivity index (χ3v) is 4.64. The molecule has 1 unspecified atom stereocenters. The van der Waals surface area contributed by atoms with Crippen molar-refractivity contribution < 1.29 is 0 Å². The molecule has 1 aromatic carbocycles. The number of nitrogens with one attached hydrogen (secondary N) is 1. The van der Waals surface area contributed by atoms with Gasteiger partial charge in [0.25, 0.3) is 0 Å². The average Bonchev–Trinajstić information content (AvgIpc) is 2.72. The van der Waals surface area contributed by atoms with Crippen molar-refractivity contribution >= 4 is 38.9 Å². The molecule has 1 aromatic heterocycles. The van der Waals surface area contributed by atoms with E-state index in [1.54, 1.807) is 11.3 Å². The molecule has 1 atom stereocenters. The number of aromatic nitrogens is 1. The highest BCUT2D eigenvalue weighted by atomic mass is 79.9. The number of hydrogen-bond donors (Lipinski definition) is 1. The quantitative estimate of drug-likeness (QED) is 0.890. The molecule has 5 heteroatoms. The summed E-state index contributed by atoms with van der Waals surface area (Å²) in [4.78, 5) is 4.51. The Labute approximate surface area is 125 Å². The number of benzene rings is 1.